The number of ether oxygens (including phenoxy) is 1. The molecule has 0 radical (unpaired) electrons. The van der Waals surface area contributed by atoms with E-state index in [9.17, 15) is 18.8 Å². The Labute approximate surface area is 252 Å². The van der Waals surface area contributed by atoms with Gasteiger partial charge in [0.05, 0.1) is 23.1 Å². The van der Waals surface area contributed by atoms with E-state index in [0.29, 0.717) is 42.9 Å². The third-order valence-corrected chi connectivity index (χ3v) is 8.98. The first-order chi connectivity index (χ1) is 20.4. The lowest BCUT2D eigenvalue weighted by Crippen LogP contribution is -2.58. The molecule has 2 fully saturated rings. The van der Waals surface area contributed by atoms with Crippen molar-refractivity contribution in [3.8, 4) is 16.9 Å². The molecule has 43 heavy (non-hydrogen) atoms. The molecule has 3 aromatic rings. The normalized spacial score (nSPS) is 22.7. The van der Waals surface area contributed by atoms with Crippen LogP contribution in [0.2, 0.25) is 5.02 Å². The molecule has 0 bridgehead atoms. The van der Waals surface area contributed by atoms with Crippen molar-refractivity contribution in [2.75, 3.05) is 57.8 Å². The van der Waals surface area contributed by atoms with Gasteiger partial charge in [-0.15, -0.1) is 0 Å². The van der Waals surface area contributed by atoms with E-state index >= 15 is 4.39 Å². The largest absolute Gasteiger partial charge is 0.488 e. The van der Waals surface area contributed by atoms with Crippen LogP contribution in [0.3, 0.4) is 0 Å². The van der Waals surface area contributed by atoms with Crippen molar-refractivity contribution in [3.05, 3.63) is 51.4 Å². The van der Waals surface area contributed by atoms with E-state index in [2.05, 4.69) is 4.98 Å². The monoisotopic (exact) mass is 614 g/mol. The van der Waals surface area contributed by atoms with Crippen molar-refractivity contribution < 1.29 is 23.1 Å². The van der Waals surface area contributed by atoms with Crippen LogP contribution in [-0.4, -0.2) is 101 Å². The summed E-state index contributed by atoms with van der Waals surface area (Å²) in [7, 11) is 1.88. The predicted octanol–water partition coefficient (Wildman–Crippen LogP) is 3.15. The second kappa shape index (κ2) is 11.1. The van der Waals surface area contributed by atoms with Gasteiger partial charge in [0.15, 0.2) is 5.75 Å². The molecule has 13 heteroatoms. The van der Waals surface area contributed by atoms with E-state index in [0.717, 1.165) is 12.1 Å². The van der Waals surface area contributed by atoms with Gasteiger partial charge in [0.25, 0.3) is 0 Å². The van der Waals surface area contributed by atoms with Crippen LogP contribution < -0.4 is 15.3 Å². The topological polar surface area (TPSA) is 91.2 Å². The molecule has 0 saturated carbocycles. The van der Waals surface area contributed by atoms with Gasteiger partial charge in [-0.3, -0.25) is 19.1 Å². The maximum Gasteiger partial charge on any atom is 0.350 e. The summed E-state index contributed by atoms with van der Waals surface area (Å²) in [4.78, 5) is 51.0. The summed E-state index contributed by atoms with van der Waals surface area (Å²) >= 11 is 6.83. The average Bonchev–Trinajstić information content (AvgIpc) is 2.94. The molecule has 3 atom stereocenters. The quantitative estimate of drug-likeness (QED) is 0.446. The fourth-order valence-electron chi connectivity index (χ4n) is 6.49. The molecule has 10 nitrogen and oxygen atoms in total. The standard InChI is InChI=1S/C30H33ClF2N6O4/c1-16-12-38(17(2)11-37(16)18(3)40)29-22-10-23(31)26(21-6-5-19(32)9-24(21)33)28-27(22)39(30(42)34-29)20(15-43-28)13-36-8-7-35(4)14-25(36)41/h5-6,9-10,16-17,20H,7-8,11-15H2,1-4H3/t16-,17+,20-/m1/s1. The number of carbonyl (C=O) groups is 2. The Kier molecular flexibility index (Phi) is 7.54. The summed E-state index contributed by atoms with van der Waals surface area (Å²) in [5.41, 5.74) is 0.0736. The molecule has 2 amide bonds. The number of aromatic nitrogens is 2. The second-order valence-electron chi connectivity index (χ2n) is 11.7. The lowest BCUT2D eigenvalue weighted by atomic mass is 9.99. The number of benzene rings is 2. The summed E-state index contributed by atoms with van der Waals surface area (Å²) in [6.45, 7) is 8.01. The third-order valence-electron chi connectivity index (χ3n) is 8.69. The smallest absolute Gasteiger partial charge is 0.350 e. The highest BCUT2D eigenvalue weighted by Gasteiger charge is 2.37. The molecular formula is C30H33ClF2N6O4. The molecular weight excluding hydrogens is 582 g/mol. The van der Waals surface area contributed by atoms with E-state index in [1.807, 2.05) is 30.7 Å². The fraction of sp³-hybridized carbons (Fsp3) is 0.467. The average molecular weight is 615 g/mol. The van der Waals surface area contributed by atoms with Gasteiger partial charge in [-0.05, 0) is 39.1 Å². The van der Waals surface area contributed by atoms with Gasteiger partial charge in [0.2, 0.25) is 11.8 Å². The van der Waals surface area contributed by atoms with Crippen molar-refractivity contribution in [2.24, 2.45) is 0 Å². The van der Waals surface area contributed by atoms with Crippen molar-refractivity contribution >= 4 is 40.1 Å². The highest BCUT2D eigenvalue weighted by molar-refractivity contribution is 6.35. The van der Waals surface area contributed by atoms with Gasteiger partial charge in [0.1, 0.15) is 24.1 Å². The number of amides is 2. The van der Waals surface area contributed by atoms with Crippen molar-refractivity contribution in [1.82, 2.24) is 24.3 Å². The molecule has 228 valence electrons. The number of piperazine rings is 2. The Bertz CT molecular complexity index is 1700. The molecule has 3 aliphatic heterocycles. The minimum absolute atomic E-state index is 0.0174. The zero-order valence-electron chi connectivity index (χ0n) is 24.4. The number of rotatable bonds is 4. The first-order valence-electron chi connectivity index (χ1n) is 14.3. The van der Waals surface area contributed by atoms with Crippen molar-refractivity contribution in [2.45, 2.75) is 38.9 Å². The van der Waals surface area contributed by atoms with Crippen LogP contribution in [0.1, 0.15) is 26.8 Å². The van der Waals surface area contributed by atoms with Gasteiger partial charge in [-0.25, -0.2) is 13.6 Å². The van der Waals surface area contributed by atoms with Crippen molar-refractivity contribution in [1.29, 1.82) is 0 Å². The van der Waals surface area contributed by atoms with Crippen LogP contribution in [0.15, 0.2) is 29.1 Å². The summed E-state index contributed by atoms with van der Waals surface area (Å²) in [5.74, 6) is -1.07. The lowest BCUT2D eigenvalue weighted by molar-refractivity contribution is -0.136. The van der Waals surface area contributed by atoms with Crippen LogP contribution >= 0.6 is 11.6 Å². The Morgan fingerprint density at radius 2 is 1.88 bits per heavy atom. The summed E-state index contributed by atoms with van der Waals surface area (Å²) < 4.78 is 36.8. The highest BCUT2D eigenvalue weighted by atomic mass is 35.5. The highest BCUT2D eigenvalue weighted by Crippen LogP contribution is 2.47. The van der Waals surface area contributed by atoms with Gasteiger partial charge < -0.3 is 19.4 Å². The van der Waals surface area contributed by atoms with E-state index in [-0.39, 0.29) is 65.5 Å². The van der Waals surface area contributed by atoms with E-state index in [1.165, 1.54) is 17.6 Å². The Morgan fingerprint density at radius 1 is 1.12 bits per heavy atom. The van der Waals surface area contributed by atoms with E-state index < -0.39 is 23.4 Å². The number of halogens is 3. The van der Waals surface area contributed by atoms with Crippen LogP contribution in [0.25, 0.3) is 22.0 Å². The maximum atomic E-state index is 15.1. The first-order valence-corrected chi connectivity index (χ1v) is 14.7. The Balaban J connectivity index is 1.55. The molecule has 0 spiro atoms. The van der Waals surface area contributed by atoms with E-state index in [1.54, 1.807) is 15.9 Å². The number of hydrogen-bond donors (Lipinski definition) is 0. The molecule has 2 aromatic carbocycles. The number of anilines is 1. The Morgan fingerprint density at radius 3 is 2.58 bits per heavy atom. The zero-order valence-corrected chi connectivity index (χ0v) is 25.2. The molecule has 0 aliphatic carbocycles. The molecule has 3 aliphatic rings. The maximum absolute atomic E-state index is 15.1. The SMILES string of the molecule is CC(=O)N1C[C@H](C)N(c2nc(=O)n3c4c(c(-c5ccc(F)cc5F)c(Cl)cc24)OC[C@H]3CN2CCN(C)CC2=O)C[C@H]1C. The number of likely N-dealkylation sites (N-methyl/N-ethyl adjacent to an activating group) is 1. The molecule has 0 N–H and O–H groups in total. The minimum Gasteiger partial charge on any atom is -0.488 e. The summed E-state index contributed by atoms with van der Waals surface area (Å²) in [6, 6.07) is 3.96. The summed E-state index contributed by atoms with van der Waals surface area (Å²) in [5, 5.41) is 0.674. The molecule has 1 aromatic heterocycles. The van der Waals surface area contributed by atoms with Crippen LogP contribution in [0, 0.1) is 11.6 Å². The lowest BCUT2D eigenvalue weighted by Gasteiger charge is -2.45. The molecule has 4 heterocycles. The Hall–Kier alpha value is -3.77. The first kappa shape index (κ1) is 29.3. The predicted molar refractivity (Wildman–Crippen MR) is 159 cm³/mol. The van der Waals surface area contributed by atoms with Crippen LogP contribution in [0.4, 0.5) is 14.6 Å². The van der Waals surface area contributed by atoms with Gasteiger partial charge >= 0.3 is 5.69 Å². The third kappa shape index (κ3) is 5.10. The minimum atomic E-state index is -0.822. The number of nitrogens with zero attached hydrogens (tertiary/aromatic N) is 6. The van der Waals surface area contributed by atoms with Gasteiger partial charge in [-0.2, -0.15) is 4.98 Å². The molecule has 0 unspecified atom stereocenters. The molecule has 6 rings (SSSR count). The second-order valence-corrected chi connectivity index (χ2v) is 12.1. The van der Waals surface area contributed by atoms with Crippen LogP contribution in [0.5, 0.6) is 5.75 Å². The van der Waals surface area contributed by atoms with Gasteiger partial charge in [0, 0.05) is 74.3 Å². The fourth-order valence-corrected chi connectivity index (χ4v) is 6.79. The molecule has 2 saturated heterocycles. The number of hydrogen-bond acceptors (Lipinski definition) is 7. The van der Waals surface area contributed by atoms with Crippen molar-refractivity contribution in [3.63, 3.8) is 0 Å². The van der Waals surface area contributed by atoms with Crippen LogP contribution in [-0.2, 0) is 9.59 Å². The zero-order chi connectivity index (χ0) is 30.7. The van der Waals surface area contributed by atoms with Gasteiger partial charge in [-0.1, -0.05) is 11.6 Å². The summed E-state index contributed by atoms with van der Waals surface area (Å²) in [6.07, 6.45) is 0. The number of carbonyl (C=O) groups excluding carboxylic acids is 2. The van der Waals surface area contributed by atoms with E-state index in [4.69, 9.17) is 16.3 Å².